The standard InChI is InChI=1S/C32H27N3O6/c1-32-23(28(38)34(30(32)40)17-8-3-2-4-9-17)15-22-19(13-14-20-24(22)29(39)35(27(20)37)31(33)41)25(32)21-12-11-16-7-5-6-10-18(16)26(21)36/h2-13,20,22-25,36H,14-15H2,1H3,(H2,33,41)/t20-,22+,23-,24-,25+,32+/m0/s1. The van der Waals surface area contributed by atoms with Gasteiger partial charge in [-0.1, -0.05) is 66.2 Å². The zero-order valence-corrected chi connectivity index (χ0v) is 22.2. The molecule has 2 heterocycles. The van der Waals surface area contributed by atoms with Crippen molar-refractivity contribution in [3.05, 3.63) is 83.9 Å². The number of carbonyl (C=O) groups excluding carboxylic acids is 5. The molecule has 0 spiro atoms. The Kier molecular flexibility index (Phi) is 5.29. The number of imide groups is 4. The molecule has 2 aliphatic carbocycles. The van der Waals surface area contributed by atoms with Crippen molar-refractivity contribution in [3.63, 3.8) is 0 Å². The van der Waals surface area contributed by atoms with Gasteiger partial charge in [0, 0.05) is 16.9 Å². The molecule has 0 radical (unpaired) electrons. The van der Waals surface area contributed by atoms with Gasteiger partial charge in [-0.25, -0.2) is 9.69 Å². The summed E-state index contributed by atoms with van der Waals surface area (Å²) in [6, 6.07) is 18.6. The quantitative estimate of drug-likeness (QED) is 0.368. The normalized spacial score (nSPS) is 30.8. The van der Waals surface area contributed by atoms with E-state index < -0.39 is 58.8 Å². The van der Waals surface area contributed by atoms with E-state index in [0.717, 1.165) is 11.0 Å². The molecule has 4 aliphatic rings. The van der Waals surface area contributed by atoms with Gasteiger partial charge in [-0.05, 0) is 43.2 Å². The fourth-order valence-electron chi connectivity index (χ4n) is 7.90. The highest BCUT2D eigenvalue weighted by Gasteiger charge is 2.68. The lowest BCUT2D eigenvalue weighted by Gasteiger charge is -2.49. The second-order valence-corrected chi connectivity index (χ2v) is 11.6. The molecule has 3 N–H and O–H groups in total. The van der Waals surface area contributed by atoms with Gasteiger partial charge in [0.15, 0.2) is 0 Å². The molecular weight excluding hydrogens is 522 g/mol. The van der Waals surface area contributed by atoms with E-state index in [0.29, 0.717) is 21.5 Å². The van der Waals surface area contributed by atoms with Crippen molar-refractivity contribution in [1.82, 2.24) is 4.90 Å². The van der Waals surface area contributed by atoms with Crippen LogP contribution in [0.3, 0.4) is 0 Å². The van der Waals surface area contributed by atoms with Gasteiger partial charge >= 0.3 is 6.03 Å². The second kappa shape index (κ2) is 8.60. The summed E-state index contributed by atoms with van der Waals surface area (Å²) in [7, 11) is 0. The number of nitrogens with two attached hydrogens (primary N) is 1. The van der Waals surface area contributed by atoms with Gasteiger partial charge in [0.25, 0.3) is 0 Å². The molecule has 0 bridgehead atoms. The summed E-state index contributed by atoms with van der Waals surface area (Å²) in [5.74, 6) is -5.95. The number of phenols is 1. The van der Waals surface area contributed by atoms with E-state index in [1.54, 1.807) is 49.4 Å². The minimum Gasteiger partial charge on any atom is -0.507 e. The molecule has 0 unspecified atom stereocenters. The predicted molar refractivity (Wildman–Crippen MR) is 148 cm³/mol. The minimum atomic E-state index is -1.28. The molecule has 7 rings (SSSR count). The molecule has 3 aromatic carbocycles. The van der Waals surface area contributed by atoms with E-state index in [9.17, 15) is 29.1 Å². The number of amides is 6. The highest BCUT2D eigenvalue weighted by Crippen LogP contribution is 2.64. The van der Waals surface area contributed by atoms with Gasteiger partial charge in [0.05, 0.1) is 28.9 Å². The van der Waals surface area contributed by atoms with Crippen molar-refractivity contribution in [1.29, 1.82) is 0 Å². The summed E-state index contributed by atoms with van der Waals surface area (Å²) >= 11 is 0. The highest BCUT2D eigenvalue weighted by molar-refractivity contribution is 6.24. The zero-order chi connectivity index (χ0) is 28.8. The van der Waals surface area contributed by atoms with Crippen molar-refractivity contribution in [2.45, 2.75) is 25.7 Å². The maximum Gasteiger partial charge on any atom is 0.328 e. The third kappa shape index (κ3) is 3.20. The van der Waals surface area contributed by atoms with Crippen LogP contribution in [0.15, 0.2) is 78.4 Å². The van der Waals surface area contributed by atoms with Crippen molar-refractivity contribution in [2.24, 2.45) is 34.8 Å². The molecule has 2 saturated heterocycles. The van der Waals surface area contributed by atoms with Crippen LogP contribution in [-0.2, 0) is 19.2 Å². The molecule has 1 saturated carbocycles. The average Bonchev–Trinajstić information content (AvgIpc) is 3.34. The Morgan fingerprint density at radius 1 is 0.902 bits per heavy atom. The zero-order valence-electron chi connectivity index (χ0n) is 22.2. The van der Waals surface area contributed by atoms with Gasteiger partial charge in [-0.3, -0.25) is 19.2 Å². The second-order valence-electron chi connectivity index (χ2n) is 11.6. The summed E-state index contributed by atoms with van der Waals surface area (Å²) in [5.41, 5.74) is 5.77. The molecule has 9 heteroatoms. The predicted octanol–water partition coefficient (Wildman–Crippen LogP) is 3.85. The van der Waals surface area contributed by atoms with Gasteiger partial charge in [-0.2, -0.15) is 4.90 Å². The first-order valence-electron chi connectivity index (χ1n) is 13.7. The molecule has 2 aliphatic heterocycles. The monoisotopic (exact) mass is 549 g/mol. The molecular formula is C32H27N3O6. The third-order valence-electron chi connectivity index (χ3n) is 9.75. The number of hydrogen-bond donors (Lipinski definition) is 2. The fraction of sp³-hybridized carbons (Fsp3) is 0.281. The maximum absolute atomic E-state index is 14.4. The molecule has 3 aromatic rings. The smallest absolute Gasteiger partial charge is 0.328 e. The number of likely N-dealkylation sites (tertiary alicyclic amines) is 1. The van der Waals surface area contributed by atoms with Gasteiger partial charge in [-0.15, -0.1) is 0 Å². The van der Waals surface area contributed by atoms with Gasteiger partial charge in [0.2, 0.25) is 23.6 Å². The molecule has 9 nitrogen and oxygen atoms in total. The SMILES string of the molecule is C[C@@]12C(=O)N(c3ccccc3)C(=O)[C@@H]1C[C@@H]1C(=CC[C@@H]3C(=O)N(C(N)=O)C(=O)[C@@H]31)[C@@H]2c1ccc2ccccc2c1O. The Morgan fingerprint density at radius 3 is 2.34 bits per heavy atom. The first-order chi connectivity index (χ1) is 19.7. The van der Waals surface area contributed by atoms with Crippen molar-refractivity contribution in [2.75, 3.05) is 4.90 Å². The van der Waals surface area contributed by atoms with Crippen LogP contribution in [0.2, 0.25) is 0 Å². The third-order valence-corrected chi connectivity index (χ3v) is 9.75. The van der Waals surface area contributed by atoms with Crippen LogP contribution in [0.4, 0.5) is 10.5 Å². The number of rotatable bonds is 2. The number of hydrogen-bond acceptors (Lipinski definition) is 6. The number of aromatic hydroxyl groups is 1. The Morgan fingerprint density at radius 2 is 1.61 bits per heavy atom. The van der Waals surface area contributed by atoms with E-state index in [4.69, 9.17) is 5.73 Å². The summed E-state index contributed by atoms with van der Waals surface area (Å²) in [6.45, 7) is 1.76. The Balaban J connectivity index is 1.45. The number of fused-ring (bicyclic) bond motifs is 5. The van der Waals surface area contributed by atoms with Crippen LogP contribution in [-0.4, -0.2) is 39.7 Å². The number of allylic oxidation sites excluding steroid dienone is 2. The Labute approximate surface area is 235 Å². The lowest BCUT2D eigenvalue weighted by Crippen LogP contribution is -2.49. The van der Waals surface area contributed by atoms with E-state index in [2.05, 4.69) is 0 Å². The highest BCUT2D eigenvalue weighted by atomic mass is 16.3. The van der Waals surface area contributed by atoms with E-state index in [1.165, 1.54) is 4.90 Å². The Hall–Kier alpha value is -4.79. The topological polar surface area (TPSA) is 138 Å². The minimum absolute atomic E-state index is 0.00254. The number of para-hydroxylation sites is 1. The molecule has 0 aromatic heterocycles. The number of primary amides is 1. The van der Waals surface area contributed by atoms with Gasteiger partial charge in [0.1, 0.15) is 5.75 Å². The number of anilines is 1. The molecule has 206 valence electrons. The summed E-state index contributed by atoms with van der Waals surface area (Å²) in [4.78, 5) is 68.9. The van der Waals surface area contributed by atoms with E-state index in [-0.39, 0.29) is 24.5 Å². The first-order valence-corrected chi connectivity index (χ1v) is 13.7. The summed E-state index contributed by atoms with van der Waals surface area (Å²) in [5, 5.41) is 13.0. The van der Waals surface area contributed by atoms with Crippen molar-refractivity contribution < 1.29 is 29.1 Å². The number of carbonyl (C=O) groups is 5. The van der Waals surface area contributed by atoms with Gasteiger partial charge < -0.3 is 10.8 Å². The first kappa shape index (κ1) is 25.2. The Bertz CT molecular complexity index is 1730. The number of urea groups is 1. The fourth-order valence-corrected chi connectivity index (χ4v) is 7.90. The van der Waals surface area contributed by atoms with E-state index in [1.807, 2.05) is 30.3 Å². The molecule has 41 heavy (non-hydrogen) atoms. The van der Waals surface area contributed by atoms with Crippen LogP contribution in [0.5, 0.6) is 5.75 Å². The van der Waals surface area contributed by atoms with Crippen LogP contribution < -0.4 is 10.6 Å². The lowest BCUT2D eigenvalue weighted by atomic mass is 9.51. The van der Waals surface area contributed by atoms with Crippen LogP contribution in [0.1, 0.15) is 31.2 Å². The van der Waals surface area contributed by atoms with E-state index >= 15 is 0 Å². The number of nitrogens with zero attached hydrogens (tertiary/aromatic N) is 2. The van der Waals surface area contributed by atoms with Crippen LogP contribution >= 0.6 is 0 Å². The molecule has 3 fully saturated rings. The molecule has 6 atom stereocenters. The molecule has 6 amide bonds. The van der Waals surface area contributed by atoms with Crippen molar-refractivity contribution >= 4 is 46.1 Å². The number of phenolic OH excluding ortho intramolecular Hbond substituents is 1. The van der Waals surface area contributed by atoms with Crippen LogP contribution in [0.25, 0.3) is 10.8 Å². The number of benzene rings is 3. The average molecular weight is 550 g/mol. The maximum atomic E-state index is 14.4. The summed E-state index contributed by atoms with van der Waals surface area (Å²) in [6.07, 6.45) is 2.19. The van der Waals surface area contributed by atoms with Crippen molar-refractivity contribution in [3.8, 4) is 5.75 Å². The lowest BCUT2D eigenvalue weighted by molar-refractivity contribution is -0.136. The largest absolute Gasteiger partial charge is 0.507 e. The van der Waals surface area contributed by atoms with Crippen LogP contribution in [0, 0.1) is 29.1 Å². The summed E-state index contributed by atoms with van der Waals surface area (Å²) < 4.78 is 0.